The van der Waals surface area contributed by atoms with Crippen LogP contribution in [0.4, 0.5) is 5.69 Å². The van der Waals surface area contributed by atoms with Crippen molar-refractivity contribution < 1.29 is 9.21 Å². The predicted molar refractivity (Wildman–Crippen MR) is 119 cm³/mol. The highest BCUT2D eigenvalue weighted by atomic mass is 79.9. The summed E-state index contributed by atoms with van der Waals surface area (Å²) in [5.41, 5.74) is 3.84. The van der Waals surface area contributed by atoms with E-state index in [2.05, 4.69) is 31.4 Å². The molecule has 148 valence electrons. The van der Waals surface area contributed by atoms with Gasteiger partial charge in [-0.15, -0.1) is 10.2 Å². The number of furan rings is 1. The lowest BCUT2D eigenvalue weighted by Crippen LogP contribution is -2.15. The molecule has 0 aliphatic heterocycles. The Labute approximate surface area is 180 Å². The van der Waals surface area contributed by atoms with Crippen LogP contribution in [0.25, 0.3) is 22.6 Å². The number of rotatable bonds is 5. The number of amides is 1. The summed E-state index contributed by atoms with van der Waals surface area (Å²) in [6, 6.07) is 13.6. The fourth-order valence-corrected chi connectivity index (χ4v) is 4.07. The number of carbonyl (C=O) groups is 1. The lowest BCUT2D eigenvalue weighted by Gasteiger charge is -2.10. The van der Waals surface area contributed by atoms with Crippen LogP contribution in [0.3, 0.4) is 0 Å². The Hall–Kier alpha value is -2.58. The van der Waals surface area contributed by atoms with Crippen molar-refractivity contribution in [2.75, 3.05) is 11.1 Å². The van der Waals surface area contributed by atoms with E-state index < -0.39 is 0 Å². The van der Waals surface area contributed by atoms with Gasteiger partial charge < -0.3 is 14.3 Å². The summed E-state index contributed by atoms with van der Waals surface area (Å²) in [4.78, 5) is 12.4. The molecule has 8 heteroatoms. The molecule has 0 fully saturated rings. The van der Waals surface area contributed by atoms with Crippen molar-refractivity contribution in [2.24, 2.45) is 7.05 Å². The number of nitrogens with zero attached hydrogens (tertiary/aromatic N) is 3. The Balaban J connectivity index is 1.47. The standard InChI is InChI=1S/C21H19BrN4O2S/c1-12-5-4-6-16(13(12)2)23-19(27)11-29-21-25-24-20(26(21)3)18-10-14-9-15(22)7-8-17(14)28-18/h4-10H,11H2,1-3H3,(H,23,27). The number of aromatic nitrogens is 3. The smallest absolute Gasteiger partial charge is 0.234 e. The minimum Gasteiger partial charge on any atom is -0.453 e. The molecule has 0 saturated heterocycles. The van der Waals surface area contributed by atoms with Crippen molar-refractivity contribution in [3.63, 3.8) is 0 Å². The highest BCUT2D eigenvalue weighted by Gasteiger charge is 2.17. The summed E-state index contributed by atoms with van der Waals surface area (Å²) in [5.74, 6) is 1.42. The molecule has 0 bridgehead atoms. The van der Waals surface area contributed by atoms with Crippen molar-refractivity contribution in [3.8, 4) is 11.6 Å². The maximum absolute atomic E-state index is 12.4. The summed E-state index contributed by atoms with van der Waals surface area (Å²) in [6.07, 6.45) is 0. The van der Waals surface area contributed by atoms with Crippen LogP contribution in [0.1, 0.15) is 11.1 Å². The monoisotopic (exact) mass is 470 g/mol. The van der Waals surface area contributed by atoms with E-state index in [1.54, 1.807) is 0 Å². The molecule has 2 aromatic carbocycles. The van der Waals surface area contributed by atoms with Gasteiger partial charge in [-0.25, -0.2) is 0 Å². The van der Waals surface area contributed by atoms with Gasteiger partial charge in [0, 0.05) is 22.6 Å². The van der Waals surface area contributed by atoms with Crippen molar-refractivity contribution in [2.45, 2.75) is 19.0 Å². The minimum atomic E-state index is -0.0816. The van der Waals surface area contributed by atoms with E-state index in [0.29, 0.717) is 16.7 Å². The second kappa shape index (κ2) is 8.04. The molecule has 29 heavy (non-hydrogen) atoms. The lowest BCUT2D eigenvalue weighted by molar-refractivity contribution is -0.113. The summed E-state index contributed by atoms with van der Waals surface area (Å²) in [5, 5.41) is 13.1. The number of thioether (sulfide) groups is 1. The fourth-order valence-electron chi connectivity index (χ4n) is 2.98. The van der Waals surface area contributed by atoms with Crippen LogP contribution in [0.15, 0.2) is 56.5 Å². The summed E-state index contributed by atoms with van der Waals surface area (Å²) >= 11 is 4.80. The van der Waals surface area contributed by atoms with Crippen LogP contribution < -0.4 is 5.32 Å². The Morgan fingerprint density at radius 2 is 2.03 bits per heavy atom. The highest BCUT2D eigenvalue weighted by Crippen LogP contribution is 2.30. The number of hydrogen-bond donors (Lipinski definition) is 1. The van der Waals surface area contributed by atoms with Crippen molar-refractivity contribution in [1.29, 1.82) is 0 Å². The quantitative estimate of drug-likeness (QED) is 0.398. The van der Waals surface area contributed by atoms with Crippen molar-refractivity contribution >= 4 is 50.3 Å². The molecule has 6 nitrogen and oxygen atoms in total. The highest BCUT2D eigenvalue weighted by molar-refractivity contribution is 9.10. The maximum Gasteiger partial charge on any atom is 0.234 e. The zero-order chi connectivity index (χ0) is 20.5. The molecule has 2 heterocycles. The Morgan fingerprint density at radius 1 is 1.21 bits per heavy atom. The zero-order valence-corrected chi connectivity index (χ0v) is 18.6. The molecule has 0 unspecified atom stereocenters. The number of fused-ring (bicyclic) bond motifs is 1. The summed E-state index contributed by atoms with van der Waals surface area (Å²) in [6.45, 7) is 4.02. The van der Waals surface area contributed by atoms with Gasteiger partial charge in [0.15, 0.2) is 16.7 Å². The topological polar surface area (TPSA) is 73.0 Å². The van der Waals surface area contributed by atoms with Crippen LogP contribution in [0.5, 0.6) is 0 Å². The first-order valence-electron chi connectivity index (χ1n) is 9.00. The van der Waals surface area contributed by atoms with Crippen LogP contribution in [-0.2, 0) is 11.8 Å². The number of halogens is 1. The molecule has 0 aliphatic carbocycles. The molecule has 1 N–H and O–H groups in total. The first-order chi connectivity index (χ1) is 13.9. The number of benzene rings is 2. The second-order valence-corrected chi connectivity index (χ2v) is 8.60. The van der Waals surface area contributed by atoms with Crippen LogP contribution >= 0.6 is 27.7 Å². The molecule has 4 rings (SSSR count). The van der Waals surface area contributed by atoms with E-state index in [9.17, 15) is 4.79 Å². The van der Waals surface area contributed by atoms with Gasteiger partial charge in [-0.05, 0) is 55.3 Å². The van der Waals surface area contributed by atoms with Crippen LogP contribution in [0.2, 0.25) is 0 Å². The van der Waals surface area contributed by atoms with Gasteiger partial charge in [-0.1, -0.05) is 39.8 Å². The SMILES string of the molecule is Cc1cccc(NC(=O)CSc2nnc(-c3cc4cc(Br)ccc4o3)n2C)c1C. The van der Waals surface area contributed by atoms with Gasteiger partial charge >= 0.3 is 0 Å². The largest absolute Gasteiger partial charge is 0.453 e. The average molecular weight is 471 g/mol. The van der Waals surface area contributed by atoms with Gasteiger partial charge in [-0.2, -0.15) is 0 Å². The predicted octanol–water partition coefficient (Wildman–Crippen LogP) is 5.34. The fraction of sp³-hybridized carbons (Fsp3) is 0.190. The minimum absolute atomic E-state index is 0.0816. The van der Waals surface area contributed by atoms with Crippen molar-refractivity contribution in [3.05, 3.63) is 58.1 Å². The average Bonchev–Trinajstić information content (AvgIpc) is 3.26. The van der Waals surface area contributed by atoms with Crippen molar-refractivity contribution in [1.82, 2.24) is 14.8 Å². The van der Waals surface area contributed by atoms with E-state index in [4.69, 9.17) is 4.42 Å². The maximum atomic E-state index is 12.4. The molecule has 0 aliphatic rings. The Bertz CT molecular complexity index is 1210. The van der Waals surface area contributed by atoms with E-state index in [-0.39, 0.29) is 11.7 Å². The first-order valence-corrected chi connectivity index (χ1v) is 10.8. The third-order valence-corrected chi connectivity index (χ3v) is 6.26. The second-order valence-electron chi connectivity index (χ2n) is 6.74. The van der Waals surface area contributed by atoms with E-state index in [1.807, 2.05) is 67.9 Å². The van der Waals surface area contributed by atoms with E-state index >= 15 is 0 Å². The van der Waals surface area contributed by atoms with Gasteiger partial charge in [0.25, 0.3) is 0 Å². The third-order valence-electron chi connectivity index (χ3n) is 4.74. The van der Waals surface area contributed by atoms with Gasteiger partial charge in [0.1, 0.15) is 5.58 Å². The normalized spacial score (nSPS) is 11.2. The van der Waals surface area contributed by atoms with E-state index in [1.165, 1.54) is 11.8 Å². The molecule has 0 radical (unpaired) electrons. The number of nitrogens with one attached hydrogen (secondary N) is 1. The Morgan fingerprint density at radius 3 is 2.86 bits per heavy atom. The van der Waals surface area contributed by atoms with Gasteiger partial charge in [0.2, 0.25) is 5.91 Å². The van der Waals surface area contributed by atoms with Crippen LogP contribution in [0, 0.1) is 13.8 Å². The molecule has 2 aromatic heterocycles. The summed E-state index contributed by atoms with van der Waals surface area (Å²) in [7, 11) is 1.86. The molecular weight excluding hydrogens is 452 g/mol. The summed E-state index contributed by atoms with van der Waals surface area (Å²) < 4.78 is 8.72. The van der Waals surface area contributed by atoms with Crippen LogP contribution in [-0.4, -0.2) is 26.4 Å². The third kappa shape index (κ3) is 4.09. The molecule has 0 saturated carbocycles. The van der Waals surface area contributed by atoms with Gasteiger partial charge in [0.05, 0.1) is 5.75 Å². The number of aryl methyl sites for hydroxylation is 1. The molecular formula is C21H19BrN4O2S. The number of anilines is 1. The first kappa shape index (κ1) is 19.7. The molecule has 0 atom stereocenters. The van der Waals surface area contributed by atoms with Gasteiger partial charge in [-0.3, -0.25) is 4.79 Å². The lowest BCUT2D eigenvalue weighted by atomic mass is 10.1. The number of hydrogen-bond acceptors (Lipinski definition) is 5. The molecule has 4 aromatic rings. The zero-order valence-electron chi connectivity index (χ0n) is 16.2. The Kier molecular flexibility index (Phi) is 5.47. The molecule has 1 amide bonds. The van der Waals surface area contributed by atoms with E-state index in [0.717, 1.165) is 32.3 Å². The molecule has 0 spiro atoms. The number of carbonyl (C=O) groups excluding carboxylic acids is 1.